The van der Waals surface area contributed by atoms with Gasteiger partial charge in [-0.25, -0.2) is 9.97 Å². The zero-order valence-electron chi connectivity index (χ0n) is 27.4. The molecule has 50 heavy (non-hydrogen) atoms. The van der Waals surface area contributed by atoms with Gasteiger partial charge >= 0.3 is 24.5 Å². The molecule has 1 saturated carbocycles. The lowest BCUT2D eigenvalue weighted by Gasteiger charge is -2.30. The zero-order valence-corrected chi connectivity index (χ0v) is 27.4. The summed E-state index contributed by atoms with van der Waals surface area (Å²) < 4.78 is 135. The van der Waals surface area contributed by atoms with Crippen LogP contribution in [0.1, 0.15) is 73.8 Å². The number of esters is 1. The highest BCUT2D eigenvalue weighted by Gasteiger charge is 2.37. The van der Waals surface area contributed by atoms with Crippen LogP contribution in [0.25, 0.3) is 0 Å². The van der Waals surface area contributed by atoms with Crippen molar-refractivity contribution >= 4 is 17.6 Å². The van der Waals surface area contributed by atoms with Gasteiger partial charge in [-0.2, -0.15) is 39.5 Å². The highest BCUT2D eigenvalue weighted by molar-refractivity contribution is 5.69. The average molecular weight is 721 g/mol. The minimum absolute atomic E-state index is 0.00380. The number of hydrogen-bond donors (Lipinski definition) is 0. The molecule has 0 bridgehead atoms. The number of halogens is 9. The number of aromatic nitrogens is 2. The van der Waals surface area contributed by atoms with E-state index in [0.29, 0.717) is 49.7 Å². The second-order valence-corrected chi connectivity index (χ2v) is 12.0. The van der Waals surface area contributed by atoms with Gasteiger partial charge in [0.05, 0.1) is 42.3 Å². The topological polar surface area (TPSA) is 67.8 Å². The molecule has 3 aromatic rings. The molecular formula is C34H37F9N4O3. The normalized spacial score (nSPS) is 13.7. The minimum atomic E-state index is -5.11. The number of anilines is 2. The van der Waals surface area contributed by atoms with Crippen molar-refractivity contribution in [3.05, 3.63) is 76.6 Å². The van der Waals surface area contributed by atoms with Crippen LogP contribution in [0.3, 0.4) is 0 Å². The van der Waals surface area contributed by atoms with Gasteiger partial charge in [-0.05, 0) is 86.1 Å². The lowest BCUT2D eigenvalue weighted by atomic mass is 10.0. The Hall–Kier alpha value is -4.24. The molecule has 1 fully saturated rings. The summed E-state index contributed by atoms with van der Waals surface area (Å²) in [6.07, 6.45) is -9.52. The molecule has 0 saturated heterocycles. The Balaban J connectivity index is 1.74. The fraction of sp³-hybridized carbons (Fsp3) is 0.500. The SMILES string of the molecule is CCCN(CC1CC1)c1ccc(C(F)(F)F)cc1CN(Cc1cc(C(F)(F)F)cc(C(F)(F)F)c1)c1ncc(OCCCC(=O)OCC)cn1. The van der Waals surface area contributed by atoms with Crippen molar-refractivity contribution in [1.29, 1.82) is 0 Å². The molecule has 1 aliphatic carbocycles. The van der Waals surface area contributed by atoms with Crippen molar-refractivity contribution in [1.82, 2.24) is 9.97 Å². The van der Waals surface area contributed by atoms with E-state index in [2.05, 4.69) is 9.97 Å². The lowest BCUT2D eigenvalue weighted by Crippen LogP contribution is -2.30. The van der Waals surface area contributed by atoms with Gasteiger partial charge < -0.3 is 19.3 Å². The maximum Gasteiger partial charge on any atom is 0.416 e. The molecule has 1 aliphatic rings. The Kier molecular flexibility index (Phi) is 12.5. The molecule has 1 heterocycles. The summed E-state index contributed by atoms with van der Waals surface area (Å²) in [7, 11) is 0. The van der Waals surface area contributed by atoms with Crippen molar-refractivity contribution in [3.63, 3.8) is 0 Å². The van der Waals surface area contributed by atoms with Crippen LogP contribution in [0.5, 0.6) is 5.75 Å². The number of nitrogens with zero attached hydrogens (tertiary/aromatic N) is 4. The number of hydrogen-bond acceptors (Lipinski definition) is 7. The van der Waals surface area contributed by atoms with E-state index >= 15 is 0 Å². The number of alkyl halides is 9. The summed E-state index contributed by atoms with van der Waals surface area (Å²) in [5.41, 5.74) is -3.85. The molecule has 4 rings (SSSR count). The maximum atomic E-state index is 13.9. The molecule has 274 valence electrons. The average Bonchev–Trinajstić information content (AvgIpc) is 3.86. The summed E-state index contributed by atoms with van der Waals surface area (Å²) in [5, 5.41) is 0. The Morgan fingerprint density at radius 1 is 0.820 bits per heavy atom. The van der Waals surface area contributed by atoms with Gasteiger partial charge in [0.15, 0.2) is 5.75 Å². The van der Waals surface area contributed by atoms with E-state index in [1.54, 1.807) is 6.92 Å². The quantitative estimate of drug-likeness (QED) is 0.0831. The second kappa shape index (κ2) is 16.2. The Labute approximate surface area is 283 Å². The van der Waals surface area contributed by atoms with Crippen LogP contribution in [0.2, 0.25) is 0 Å². The molecular weight excluding hydrogens is 683 g/mol. The molecule has 0 atom stereocenters. The zero-order chi connectivity index (χ0) is 36.7. The monoisotopic (exact) mass is 720 g/mol. The first-order chi connectivity index (χ1) is 23.5. The highest BCUT2D eigenvalue weighted by atomic mass is 19.4. The van der Waals surface area contributed by atoms with Crippen LogP contribution in [-0.2, 0) is 41.1 Å². The van der Waals surface area contributed by atoms with Gasteiger partial charge in [0, 0.05) is 38.3 Å². The van der Waals surface area contributed by atoms with Crippen LogP contribution >= 0.6 is 0 Å². The summed E-state index contributed by atoms with van der Waals surface area (Å²) in [4.78, 5) is 23.2. The second-order valence-electron chi connectivity index (χ2n) is 12.0. The fourth-order valence-corrected chi connectivity index (χ4v) is 5.31. The third kappa shape index (κ3) is 11.1. The van der Waals surface area contributed by atoms with Crippen LogP contribution in [0.4, 0.5) is 51.1 Å². The van der Waals surface area contributed by atoms with E-state index in [1.807, 2.05) is 11.8 Å². The number of carbonyl (C=O) groups excluding carboxylic acids is 1. The first kappa shape index (κ1) is 38.6. The van der Waals surface area contributed by atoms with E-state index in [0.717, 1.165) is 25.0 Å². The summed E-state index contributed by atoms with van der Waals surface area (Å²) >= 11 is 0. The predicted octanol–water partition coefficient (Wildman–Crippen LogP) is 9.09. The Bertz CT molecular complexity index is 1540. The smallest absolute Gasteiger partial charge is 0.416 e. The highest BCUT2D eigenvalue weighted by Crippen LogP contribution is 2.39. The molecule has 0 N–H and O–H groups in total. The minimum Gasteiger partial charge on any atom is -0.490 e. The molecule has 0 amide bonds. The molecule has 0 radical (unpaired) electrons. The van der Waals surface area contributed by atoms with E-state index in [1.165, 1.54) is 23.4 Å². The van der Waals surface area contributed by atoms with Gasteiger partial charge in [0.1, 0.15) is 0 Å². The van der Waals surface area contributed by atoms with Crippen molar-refractivity contribution < 1.29 is 53.8 Å². The first-order valence-corrected chi connectivity index (χ1v) is 16.1. The lowest BCUT2D eigenvalue weighted by molar-refractivity contribution is -0.144. The molecule has 2 aromatic carbocycles. The molecule has 1 aromatic heterocycles. The van der Waals surface area contributed by atoms with Crippen molar-refractivity contribution in [2.45, 2.75) is 77.6 Å². The first-order valence-electron chi connectivity index (χ1n) is 16.1. The molecule has 0 unspecified atom stereocenters. The van der Waals surface area contributed by atoms with Crippen LogP contribution < -0.4 is 14.5 Å². The van der Waals surface area contributed by atoms with Gasteiger partial charge in [-0.1, -0.05) is 6.92 Å². The predicted molar refractivity (Wildman–Crippen MR) is 166 cm³/mol. The third-order valence-electron chi connectivity index (χ3n) is 7.80. The van der Waals surface area contributed by atoms with Crippen molar-refractivity contribution in [2.75, 3.05) is 36.1 Å². The number of rotatable bonds is 16. The number of carbonyl (C=O) groups is 1. The standard InChI is InChI=1S/C34H37F9N4O3/c1-3-11-46(19-22-7-8-22)29-10-9-25(32(35,36)37)15-24(29)21-47(20-23-13-26(33(38,39)40)16-27(14-23)34(41,42)43)31-44-17-28(18-45-31)50-12-5-6-30(48)49-4-2/h9-10,13-18,22H,3-8,11-12,19-21H2,1-2H3. The summed E-state index contributed by atoms with van der Waals surface area (Å²) in [6, 6.07) is 4.36. The van der Waals surface area contributed by atoms with Crippen LogP contribution in [0.15, 0.2) is 48.8 Å². The van der Waals surface area contributed by atoms with Gasteiger partial charge in [0.25, 0.3) is 0 Å². The fourth-order valence-electron chi connectivity index (χ4n) is 5.31. The van der Waals surface area contributed by atoms with E-state index < -0.39 is 53.3 Å². The summed E-state index contributed by atoms with van der Waals surface area (Å²) in [6.45, 7) is 3.97. The Morgan fingerprint density at radius 2 is 1.44 bits per heavy atom. The molecule has 0 aliphatic heterocycles. The summed E-state index contributed by atoms with van der Waals surface area (Å²) in [5.74, 6) is -0.0891. The molecule has 7 nitrogen and oxygen atoms in total. The maximum absolute atomic E-state index is 13.9. The van der Waals surface area contributed by atoms with Gasteiger partial charge in [-0.15, -0.1) is 0 Å². The molecule has 0 spiro atoms. The molecule has 16 heteroatoms. The van der Waals surface area contributed by atoms with E-state index in [4.69, 9.17) is 9.47 Å². The largest absolute Gasteiger partial charge is 0.490 e. The number of benzene rings is 2. The van der Waals surface area contributed by atoms with E-state index in [9.17, 15) is 44.3 Å². The van der Waals surface area contributed by atoms with Crippen molar-refractivity contribution in [2.24, 2.45) is 5.92 Å². The van der Waals surface area contributed by atoms with Gasteiger partial charge in [0.2, 0.25) is 5.95 Å². The van der Waals surface area contributed by atoms with Crippen LogP contribution in [-0.4, -0.2) is 42.2 Å². The van der Waals surface area contributed by atoms with Crippen molar-refractivity contribution in [3.8, 4) is 5.75 Å². The third-order valence-corrected chi connectivity index (χ3v) is 7.80. The Morgan fingerprint density at radius 3 is 1.98 bits per heavy atom. The van der Waals surface area contributed by atoms with E-state index in [-0.39, 0.29) is 49.5 Å². The van der Waals surface area contributed by atoms with Crippen LogP contribution in [0, 0.1) is 5.92 Å². The van der Waals surface area contributed by atoms with Gasteiger partial charge in [-0.3, -0.25) is 4.79 Å². The number of ether oxygens (including phenoxy) is 2.